The molecule has 0 saturated heterocycles. The maximum Gasteiger partial charge on any atom is 0.128 e. The van der Waals surface area contributed by atoms with Crippen molar-refractivity contribution < 1.29 is 4.39 Å². The van der Waals surface area contributed by atoms with Gasteiger partial charge in [-0.15, -0.1) is 0 Å². The van der Waals surface area contributed by atoms with Crippen LogP contribution in [0.5, 0.6) is 0 Å². The van der Waals surface area contributed by atoms with Crippen molar-refractivity contribution in [3.63, 3.8) is 0 Å². The van der Waals surface area contributed by atoms with Crippen LogP contribution in [-0.4, -0.2) is 12.0 Å². The van der Waals surface area contributed by atoms with Crippen LogP contribution in [0, 0.1) is 19.7 Å². The number of rotatable bonds is 3. The second-order valence-electron chi connectivity index (χ2n) is 4.48. The molecule has 0 spiro atoms. The zero-order valence-electron chi connectivity index (χ0n) is 10.9. The number of aromatic nitrogens is 1. The minimum absolute atomic E-state index is 0.167. The highest BCUT2D eigenvalue weighted by Gasteiger charge is 2.17. The largest absolute Gasteiger partial charge is 0.309 e. The fraction of sp³-hybridized carbons (Fsp3) is 0.267. The van der Waals surface area contributed by atoms with E-state index in [-0.39, 0.29) is 11.9 Å². The lowest BCUT2D eigenvalue weighted by molar-refractivity contribution is 0.573. The Bertz CT molecular complexity index is 552. The lowest BCUT2D eigenvalue weighted by atomic mass is 9.96. The molecular formula is C15H17FN2. The number of nitrogens with one attached hydrogen (secondary N) is 1. The van der Waals surface area contributed by atoms with Gasteiger partial charge in [-0.2, -0.15) is 0 Å². The molecular weight excluding hydrogens is 227 g/mol. The summed E-state index contributed by atoms with van der Waals surface area (Å²) >= 11 is 0. The van der Waals surface area contributed by atoms with Crippen molar-refractivity contribution in [2.75, 3.05) is 7.05 Å². The third kappa shape index (κ3) is 2.41. The van der Waals surface area contributed by atoms with E-state index >= 15 is 0 Å². The number of benzene rings is 1. The highest BCUT2D eigenvalue weighted by molar-refractivity contribution is 5.36. The molecule has 0 aliphatic carbocycles. The maximum atomic E-state index is 14.0. The van der Waals surface area contributed by atoms with Crippen molar-refractivity contribution >= 4 is 0 Å². The van der Waals surface area contributed by atoms with Crippen LogP contribution in [0.4, 0.5) is 4.39 Å². The van der Waals surface area contributed by atoms with E-state index in [2.05, 4.69) is 10.3 Å². The molecule has 1 aromatic heterocycles. The van der Waals surface area contributed by atoms with E-state index in [0.29, 0.717) is 5.56 Å². The summed E-state index contributed by atoms with van der Waals surface area (Å²) in [5.41, 5.74) is 3.68. The van der Waals surface area contributed by atoms with Crippen LogP contribution in [0.2, 0.25) is 0 Å². The van der Waals surface area contributed by atoms with E-state index in [9.17, 15) is 4.39 Å². The molecule has 1 N–H and O–H groups in total. The molecule has 0 aliphatic rings. The molecule has 0 saturated carbocycles. The third-order valence-electron chi connectivity index (χ3n) is 3.15. The van der Waals surface area contributed by atoms with Crippen LogP contribution < -0.4 is 5.32 Å². The summed E-state index contributed by atoms with van der Waals surface area (Å²) < 4.78 is 14.0. The molecule has 1 atom stereocenters. The van der Waals surface area contributed by atoms with E-state index < -0.39 is 0 Å². The summed E-state index contributed by atoms with van der Waals surface area (Å²) in [5.74, 6) is -0.183. The molecule has 1 aromatic carbocycles. The van der Waals surface area contributed by atoms with Crippen LogP contribution in [0.15, 0.2) is 36.7 Å². The maximum absolute atomic E-state index is 14.0. The van der Waals surface area contributed by atoms with Gasteiger partial charge in [0, 0.05) is 18.0 Å². The van der Waals surface area contributed by atoms with Crippen LogP contribution in [0.1, 0.15) is 28.3 Å². The summed E-state index contributed by atoms with van der Waals surface area (Å²) in [6.07, 6.45) is 3.53. The molecule has 1 unspecified atom stereocenters. The highest BCUT2D eigenvalue weighted by Crippen LogP contribution is 2.26. The lowest BCUT2D eigenvalue weighted by Gasteiger charge is -2.19. The van der Waals surface area contributed by atoms with Crippen molar-refractivity contribution in [1.82, 2.24) is 10.3 Å². The van der Waals surface area contributed by atoms with E-state index in [1.54, 1.807) is 18.5 Å². The summed E-state index contributed by atoms with van der Waals surface area (Å²) in [6.45, 7) is 3.89. The third-order valence-corrected chi connectivity index (χ3v) is 3.15. The number of halogens is 1. The Hall–Kier alpha value is -1.74. The zero-order chi connectivity index (χ0) is 13.1. The SMILES string of the molecule is CNC(c1cnccc1C)c1ccc(C)cc1F. The van der Waals surface area contributed by atoms with Crippen LogP contribution in [0.3, 0.4) is 0 Å². The zero-order valence-corrected chi connectivity index (χ0v) is 10.9. The topological polar surface area (TPSA) is 24.9 Å². The Balaban J connectivity index is 2.49. The van der Waals surface area contributed by atoms with Gasteiger partial charge in [0.15, 0.2) is 0 Å². The molecule has 1 heterocycles. The number of hydrogen-bond donors (Lipinski definition) is 1. The molecule has 0 radical (unpaired) electrons. The Labute approximate surface area is 107 Å². The molecule has 0 aliphatic heterocycles. The van der Waals surface area contributed by atoms with Gasteiger partial charge < -0.3 is 5.32 Å². The molecule has 2 aromatic rings. The van der Waals surface area contributed by atoms with E-state index in [1.165, 1.54) is 0 Å². The first-order valence-electron chi connectivity index (χ1n) is 5.97. The lowest BCUT2D eigenvalue weighted by Crippen LogP contribution is -2.20. The molecule has 2 rings (SSSR count). The first-order valence-corrected chi connectivity index (χ1v) is 5.97. The van der Waals surface area contributed by atoms with Gasteiger partial charge in [0.05, 0.1) is 6.04 Å². The molecule has 0 fully saturated rings. The summed E-state index contributed by atoms with van der Waals surface area (Å²) in [7, 11) is 1.83. The van der Waals surface area contributed by atoms with Crippen LogP contribution >= 0.6 is 0 Å². The molecule has 94 valence electrons. The van der Waals surface area contributed by atoms with E-state index in [0.717, 1.165) is 16.7 Å². The van der Waals surface area contributed by atoms with Gasteiger partial charge >= 0.3 is 0 Å². The summed E-state index contributed by atoms with van der Waals surface area (Å²) in [5, 5.41) is 3.16. The summed E-state index contributed by atoms with van der Waals surface area (Å²) in [4.78, 5) is 4.12. The molecule has 0 bridgehead atoms. The average molecular weight is 244 g/mol. The Kier molecular flexibility index (Phi) is 3.72. The van der Waals surface area contributed by atoms with Crippen molar-refractivity contribution in [2.24, 2.45) is 0 Å². The van der Waals surface area contributed by atoms with Gasteiger partial charge in [0.25, 0.3) is 0 Å². The predicted octanol–water partition coefficient (Wildman–Crippen LogP) is 3.15. The molecule has 0 amide bonds. The van der Waals surface area contributed by atoms with Gasteiger partial charge in [-0.3, -0.25) is 4.98 Å². The van der Waals surface area contributed by atoms with Gasteiger partial charge in [-0.05, 0) is 49.7 Å². The van der Waals surface area contributed by atoms with Gasteiger partial charge in [-0.25, -0.2) is 4.39 Å². The Morgan fingerprint density at radius 1 is 1.17 bits per heavy atom. The second kappa shape index (κ2) is 5.27. The first-order chi connectivity index (χ1) is 8.63. The minimum atomic E-state index is -0.183. The standard InChI is InChI=1S/C15H17FN2/c1-10-4-5-12(14(16)8-10)15(17-3)13-9-18-7-6-11(13)2/h4-9,15,17H,1-3H3. The highest BCUT2D eigenvalue weighted by atomic mass is 19.1. The Morgan fingerprint density at radius 2 is 1.94 bits per heavy atom. The van der Waals surface area contributed by atoms with Crippen molar-refractivity contribution in [1.29, 1.82) is 0 Å². The number of hydrogen-bond acceptors (Lipinski definition) is 2. The number of aryl methyl sites for hydroxylation is 2. The van der Waals surface area contributed by atoms with Crippen molar-refractivity contribution in [3.8, 4) is 0 Å². The minimum Gasteiger partial charge on any atom is -0.309 e. The average Bonchev–Trinajstić information content (AvgIpc) is 2.34. The fourth-order valence-corrected chi connectivity index (χ4v) is 2.12. The number of pyridine rings is 1. The fourth-order valence-electron chi connectivity index (χ4n) is 2.12. The van der Waals surface area contributed by atoms with E-state index in [4.69, 9.17) is 0 Å². The smallest absolute Gasteiger partial charge is 0.128 e. The first kappa shape index (κ1) is 12.7. The molecule has 3 heteroatoms. The van der Waals surface area contributed by atoms with Crippen molar-refractivity contribution in [3.05, 3.63) is 64.7 Å². The summed E-state index contributed by atoms with van der Waals surface area (Å²) in [6, 6.07) is 7.09. The van der Waals surface area contributed by atoms with Gasteiger partial charge in [0.1, 0.15) is 5.82 Å². The molecule has 2 nitrogen and oxygen atoms in total. The van der Waals surface area contributed by atoms with Crippen molar-refractivity contribution in [2.45, 2.75) is 19.9 Å². The predicted molar refractivity (Wildman–Crippen MR) is 71.0 cm³/mol. The molecule has 18 heavy (non-hydrogen) atoms. The quantitative estimate of drug-likeness (QED) is 0.897. The normalized spacial score (nSPS) is 12.4. The van der Waals surface area contributed by atoms with Gasteiger partial charge in [0.2, 0.25) is 0 Å². The Morgan fingerprint density at radius 3 is 2.56 bits per heavy atom. The van der Waals surface area contributed by atoms with Crippen LogP contribution in [0.25, 0.3) is 0 Å². The monoisotopic (exact) mass is 244 g/mol. The van der Waals surface area contributed by atoms with Crippen LogP contribution in [-0.2, 0) is 0 Å². The second-order valence-corrected chi connectivity index (χ2v) is 4.48. The number of nitrogens with zero attached hydrogens (tertiary/aromatic N) is 1. The van der Waals surface area contributed by atoms with E-state index in [1.807, 2.05) is 39.1 Å². The van der Waals surface area contributed by atoms with Gasteiger partial charge in [-0.1, -0.05) is 12.1 Å².